The molecule has 1 aliphatic heterocycles. The predicted octanol–water partition coefficient (Wildman–Crippen LogP) is 2.53. The summed E-state index contributed by atoms with van der Waals surface area (Å²) in [7, 11) is -3.27. The Morgan fingerprint density at radius 3 is 2.95 bits per heavy atom. The van der Waals surface area contributed by atoms with Crippen molar-refractivity contribution in [1.82, 2.24) is 9.55 Å². The van der Waals surface area contributed by atoms with Crippen LogP contribution in [-0.4, -0.2) is 37.4 Å². The van der Waals surface area contributed by atoms with Gasteiger partial charge in [-0.2, -0.15) is 0 Å². The molecule has 1 saturated heterocycles. The van der Waals surface area contributed by atoms with Crippen molar-refractivity contribution in [3.8, 4) is 0 Å². The maximum Gasteiger partial charge on any atom is 0.178 e. The third-order valence-corrected chi connectivity index (χ3v) is 5.42. The average Bonchev–Trinajstić information content (AvgIpc) is 3.01. The molecule has 1 atom stereocenters. The number of nitrogens with zero attached hydrogens (tertiary/aromatic N) is 1. The van der Waals surface area contributed by atoms with Crippen molar-refractivity contribution in [2.24, 2.45) is 5.92 Å². The second-order valence-electron chi connectivity index (χ2n) is 5.52. The number of ether oxygens (including phenoxy) is 1. The van der Waals surface area contributed by atoms with E-state index in [1.165, 1.54) is 6.26 Å². The second-order valence-corrected chi connectivity index (χ2v) is 7.89. The number of aromatic amines is 1. The van der Waals surface area contributed by atoms with Crippen molar-refractivity contribution in [3.63, 3.8) is 0 Å². The minimum Gasteiger partial charge on any atom is -0.381 e. The normalized spacial score (nSPS) is 19.4. The van der Waals surface area contributed by atoms with E-state index in [0.29, 0.717) is 21.1 Å². The van der Waals surface area contributed by atoms with Crippen molar-refractivity contribution in [2.45, 2.75) is 24.3 Å². The first-order valence-corrected chi connectivity index (χ1v) is 9.26. The molecular weight excluding hydrogens is 308 g/mol. The van der Waals surface area contributed by atoms with Gasteiger partial charge in [-0.05, 0) is 43.1 Å². The molecule has 2 heterocycles. The van der Waals surface area contributed by atoms with Gasteiger partial charge in [-0.1, -0.05) is 6.07 Å². The molecule has 3 rings (SSSR count). The Morgan fingerprint density at radius 2 is 2.29 bits per heavy atom. The summed E-state index contributed by atoms with van der Waals surface area (Å²) in [6, 6.07) is 5.27. The fourth-order valence-electron chi connectivity index (χ4n) is 2.81. The first kappa shape index (κ1) is 14.7. The van der Waals surface area contributed by atoms with Crippen molar-refractivity contribution in [2.75, 3.05) is 19.5 Å². The molecule has 7 heteroatoms. The van der Waals surface area contributed by atoms with Crippen LogP contribution in [0.15, 0.2) is 23.1 Å². The summed E-state index contributed by atoms with van der Waals surface area (Å²) >= 11 is 5.36. The van der Waals surface area contributed by atoms with Crippen LogP contribution in [0.1, 0.15) is 12.8 Å². The molecule has 0 amide bonds. The highest BCUT2D eigenvalue weighted by Gasteiger charge is 2.18. The summed E-state index contributed by atoms with van der Waals surface area (Å²) in [5.41, 5.74) is 1.45. The Balaban J connectivity index is 1.99. The molecule has 21 heavy (non-hydrogen) atoms. The van der Waals surface area contributed by atoms with Crippen LogP contribution in [0.2, 0.25) is 0 Å². The third kappa shape index (κ3) is 2.90. The molecule has 0 spiro atoms. The van der Waals surface area contributed by atoms with E-state index in [1.807, 2.05) is 10.6 Å². The van der Waals surface area contributed by atoms with E-state index in [0.717, 1.165) is 38.1 Å². The highest BCUT2D eigenvalue weighted by Crippen LogP contribution is 2.24. The van der Waals surface area contributed by atoms with Gasteiger partial charge in [-0.15, -0.1) is 0 Å². The number of aryl methyl sites for hydroxylation is 1. The lowest BCUT2D eigenvalue weighted by molar-refractivity contribution is 0.183. The van der Waals surface area contributed by atoms with E-state index in [1.54, 1.807) is 12.1 Å². The second kappa shape index (κ2) is 5.55. The zero-order valence-corrected chi connectivity index (χ0v) is 13.5. The fourth-order valence-corrected chi connectivity index (χ4v) is 3.95. The molecule has 114 valence electrons. The molecular formula is C14H18N2O3S2. The van der Waals surface area contributed by atoms with Gasteiger partial charge in [0.2, 0.25) is 0 Å². The molecule has 0 radical (unpaired) electrons. The van der Waals surface area contributed by atoms with E-state index in [4.69, 9.17) is 17.0 Å². The third-order valence-electron chi connectivity index (χ3n) is 3.96. The lowest BCUT2D eigenvalue weighted by atomic mass is 10.1. The van der Waals surface area contributed by atoms with Gasteiger partial charge in [0.1, 0.15) is 0 Å². The predicted molar refractivity (Wildman–Crippen MR) is 83.8 cm³/mol. The van der Waals surface area contributed by atoms with Crippen LogP contribution in [0, 0.1) is 10.7 Å². The summed E-state index contributed by atoms with van der Waals surface area (Å²) in [6.07, 6.45) is 3.29. The van der Waals surface area contributed by atoms with Crippen LogP contribution in [0.5, 0.6) is 0 Å². The maximum absolute atomic E-state index is 11.9. The Morgan fingerprint density at radius 1 is 1.48 bits per heavy atom. The van der Waals surface area contributed by atoms with Crippen LogP contribution in [0.3, 0.4) is 0 Å². The van der Waals surface area contributed by atoms with Crippen LogP contribution in [0.25, 0.3) is 11.0 Å². The summed E-state index contributed by atoms with van der Waals surface area (Å²) in [6.45, 7) is 2.42. The van der Waals surface area contributed by atoms with Gasteiger partial charge in [-0.3, -0.25) is 0 Å². The molecule has 1 aromatic heterocycles. The highest BCUT2D eigenvalue weighted by molar-refractivity contribution is 7.91. The standard InChI is InChI=1S/C14H18N2O3S2/c1-21(17,18)12-4-2-3-11-13(12)15-14(20)16(11)7-5-10-6-8-19-9-10/h2-4,10H,5-9H2,1H3,(H,15,20). The quantitative estimate of drug-likeness (QED) is 0.877. The summed E-state index contributed by atoms with van der Waals surface area (Å²) in [4.78, 5) is 3.35. The van der Waals surface area contributed by atoms with Crippen molar-refractivity contribution in [1.29, 1.82) is 0 Å². The van der Waals surface area contributed by atoms with Gasteiger partial charge in [0.15, 0.2) is 14.6 Å². The topological polar surface area (TPSA) is 64.1 Å². The Kier molecular flexibility index (Phi) is 3.90. The molecule has 1 unspecified atom stereocenters. The minimum atomic E-state index is -3.27. The monoisotopic (exact) mass is 326 g/mol. The number of nitrogens with one attached hydrogen (secondary N) is 1. The number of rotatable bonds is 4. The van der Waals surface area contributed by atoms with Gasteiger partial charge < -0.3 is 14.3 Å². The number of aromatic nitrogens is 2. The van der Waals surface area contributed by atoms with Crippen LogP contribution in [-0.2, 0) is 21.1 Å². The maximum atomic E-state index is 11.9. The fraction of sp³-hybridized carbons (Fsp3) is 0.500. The smallest absolute Gasteiger partial charge is 0.178 e. The summed E-state index contributed by atoms with van der Waals surface area (Å²) in [5.74, 6) is 0.565. The molecule has 2 aromatic rings. The molecule has 1 aliphatic rings. The van der Waals surface area contributed by atoms with Gasteiger partial charge in [0, 0.05) is 26.0 Å². The number of imidazole rings is 1. The molecule has 0 aliphatic carbocycles. The average molecular weight is 326 g/mol. The van der Waals surface area contributed by atoms with Crippen molar-refractivity contribution in [3.05, 3.63) is 23.0 Å². The number of benzene rings is 1. The Hall–Kier alpha value is -1.18. The number of sulfone groups is 1. The highest BCUT2D eigenvalue weighted by atomic mass is 32.2. The zero-order valence-electron chi connectivity index (χ0n) is 11.8. The zero-order chi connectivity index (χ0) is 15.0. The van der Waals surface area contributed by atoms with E-state index < -0.39 is 9.84 Å². The van der Waals surface area contributed by atoms with E-state index in [2.05, 4.69) is 4.98 Å². The van der Waals surface area contributed by atoms with Crippen molar-refractivity contribution < 1.29 is 13.2 Å². The van der Waals surface area contributed by atoms with E-state index in [9.17, 15) is 8.42 Å². The van der Waals surface area contributed by atoms with Gasteiger partial charge in [0.25, 0.3) is 0 Å². The molecule has 0 saturated carbocycles. The summed E-state index contributed by atoms with van der Waals surface area (Å²) in [5, 5.41) is 0. The van der Waals surface area contributed by atoms with Gasteiger partial charge >= 0.3 is 0 Å². The summed E-state index contributed by atoms with van der Waals surface area (Å²) < 4.78 is 31.6. The number of H-pyrrole nitrogens is 1. The van der Waals surface area contributed by atoms with Crippen LogP contribution < -0.4 is 0 Å². The van der Waals surface area contributed by atoms with Crippen molar-refractivity contribution >= 4 is 33.1 Å². The number of para-hydroxylation sites is 1. The molecule has 1 N–H and O–H groups in total. The SMILES string of the molecule is CS(=O)(=O)c1cccc2c1[nH]c(=S)n2CCC1CCOC1. The lowest BCUT2D eigenvalue weighted by Gasteiger charge is -2.09. The van der Waals surface area contributed by atoms with Crippen LogP contribution >= 0.6 is 12.2 Å². The minimum absolute atomic E-state index is 0.300. The first-order chi connectivity index (χ1) is 9.97. The van der Waals surface area contributed by atoms with E-state index in [-0.39, 0.29) is 0 Å². The lowest BCUT2D eigenvalue weighted by Crippen LogP contribution is -2.06. The van der Waals surface area contributed by atoms with E-state index >= 15 is 0 Å². The largest absolute Gasteiger partial charge is 0.381 e. The first-order valence-electron chi connectivity index (χ1n) is 6.96. The molecule has 5 nitrogen and oxygen atoms in total. The number of hydrogen-bond donors (Lipinski definition) is 1. The van der Waals surface area contributed by atoms with Gasteiger partial charge in [0.05, 0.1) is 15.9 Å². The molecule has 1 aromatic carbocycles. The number of hydrogen-bond acceptors (Lipinski definition) is 4. The molecule has 0 bridgehead atoms. The van der Waals surface area contributed by atoms with Crippen LogP contribution in [0.4, 0.5) is 0 Å². The van der Waals surface area contributed by atoms with Gasteiger partial charge in [-0.25, -0.2) is 8.42 Å². The Bertz CT molecular complexity index is 814. The Labute approximate surface area is 128 Å². The molecule has 1 fully saturated rings. The number of fused-ring (bicyclic) bond motifs is 1.